The summed E-state index contributed by atoms with van der Waals surface area (Å²) in [5.41, 5.74) is 0. The van der Waals surface area contributed by atoms with E-state index >= 15 is 0 Å². The summed E-state index contributed by atoms with van der Waals surface area (Å²) >= 11 is 5.98. The number of thiol groups is 1. The molecular formula is C4H10S3. The van der Waals surface area contributed by atoms with Gasteiger partial charge in [-0.3, -0.25) is 0 Å². The van der Waals surface area contributed by atoms with Gasteiger partial charge in [0.05, 0.1) is 3.91 Å². The molecule has 0 aliphatic rings. The van der Waals surface area contributed by atoms with Crippen LogP contribution in [0.3, 0.4) is 0 Å². The molecule has 0 aliphatic heterocycles. The normalized spacial score (nSPS) is 18.7. The first kappa shape index (κ1) is 7.92. The maximum absolute atomic E-state index is 4.24. The van der Waals surface area contributed by atoms with Crippen molar-refractivity contribution in [1.29, 1.82) is 0 Å². The van der Waals surface area contributed by atoms with E-state index in [0.29, 0.717) is 3.91 Å². The van der Waals surface area contributed by atoms with Crippen LogP contribution in [0.15, 0.2) is 0 Å². The second kappa shape index (κ2) is 3.87. The van der Waals surface area contributed by atoms with E-state index in [0.717, 1.165) is 0 Å². The summed E-state index contributed by atoms with van der Waals surface area (Å²) in [6.07, 6.45) is 4.14. The summed E-state index contributed by atoms with van der Waals surface area (Å²) in [7, 11) is 0.217. The summed E-state index contributed by atoms with van der Waals surface area (Å²) < 4.78 is 0.431. The van der Waals surface area contributed by atoms with Crippen LogP contribution in [0.1, 0.15) is 0 Å². The van der Waals surface area contributed by atoms with Gasteiger partial charge in [0, 0.05) is 0 Å². The first-order valence-electron chi connectivity index (χ1n) is 1.83. The molecule has 2 unspecified atom stereocenters. The number of thioether (sulfide) groups is 1. The van der Waals surface area contributed by atoms with Crippen molar-refractivity contribution in [2.45, 2.75) is 3.91 Å². The summed E-state index contributed by atoms with van der Waals surface area (Å²) in [5.74, 6) is 3.84. The quantitative estimate of drug-likeness (QED) is 0.360. The van der Waals surface area contributed by atoms with Gasteiger partial charge in [-0.25, -0.2) is 0 Å². The lowest BCUT2D eigenvalue weighted by Crippen LogP contribution is -1.81. The number of hydrogen-bond donors (Lipinski definition) is 1. The molecule has 0 fully saturated rings. The Kier molecular flexibility index (Phi) is 4.37. The van der Waals surface area contributed by atoms with Gasteiger partial charge in [0.1, 0.15) is 0 Å². The average Bonchev–Trinajstić information content (AvgIpc) is 1.65. The van der Waals surface area contributed by atoms with Crippen LogP contribution in [-0.4, -0.2) is 22.3 Å². The zero-order valence-corrected chi connectivity index (χ0v) is 7.08. The minimum Gasteiger partial charge on any atom is -0.173 e. The minimum atomic E-state index is 0.217. The van der Waals surface area contributed by atoms with Crippen molar-refractivity contribution in [2.75, 3.05) is 12.5 Å². The molecule has 0 bridgehead atoms. The Labute approximate surface area is 57.4 Å². The van der Waals surface area contributed by atoms with Gasteiger partial charge in [0.2, 0.25) is 0 Å². The van der Waals surface area contributed by atoms with E-state index in [-0.39, 0.29) is 10.5 Å². The Bertz CT molecular complexity index is 69.3. The fourth-order valence-electron chi connectivity index (χ4n) is 0.164. The van der Waals surface area contributed by atoms with E-state index in [1.54, 1.807) is 11.8 Å². The monoisotopic (exact) mass is 154 g/mol. The molecule has 0 nitrogen and oxygen atoms in total. The zero-order chi connectivity index (χ0) is 5.86. The highest BCUT2D eigenvalue weighted by molar-refractivity contribution is 8.33. The van der Waals surface area contributed by atoms with E-state index in [4.69, 9.17) is 0 Å². The first-order valence-corrected chi connectivity index (χ1v) is 5.50. The van der Waals surface area contributed by atoms with Crippen molar-refractivity contribution in [3.05, 3.63) is 0 Å². The molecular weight excluding hydrogens is 144 g/mol. The van der Waals surface area contributed by atoms with Crippen LogP contribution in [0.2, 0.25) is 0 Å². The Morgan fingerprint density at radius 1 is 1.86 bits per heavy atom. The molecule has 0 aliphatic carbocycles. The molecule has 0 saturated carbocycles. The van der Waals surface area contributed by atoms with E-state index < -0.39 is 0 Å². The van der Waals surface area contributed by atoms with E-state index in [1.165, 1.54) is 0 Å². The third-order valence-corrected chi connectivity index (χ3v) is 4.91. The molecule has 0 aromatic rings. The van der Waals surface area contributed by atoms with E-state index in [1.807, 2.05) is 6.26 Å². The van der Waals surface area contributed by atoms with Crippen LogP contribution < -0.4 is 0 Å². The van der Waals surface area contributed by atoms with Crippen LogP contribution in [0.5, 0.6) is 0 Å². The molecule has 7 heavy (non-hydrogen) atoms. The van der Waals surface area contributed by atoms with Crippen molar-refractivity contribution in [1.82, 2.24) is 0 Å². The van der Waals surface area contributed by atoms with E-state index in [2.05, 4.69) is 24.8 Å². The smallest absolute Gasteiger partial charge is 0.0870 e. The summed E-state index contributed by atoms with van der Waals surface area (Å²) in [4.78, 5) is 0. The second-order valence-electron chi connectivity index (χ2n) is 1.23. The maximum Gasteiger partial charge on any atom is 0.0870 e. The van der Waals surface area contributed by atoms with Crippen molar-refractivity contribution in [3.63, 3.8) is 0 Å². The van der Waals surface area contributed by atoms with Gasteiger partial charge in [-0.2, -0.15) is 23.1 Å². The van der Waals surface area contributed by atoms with Crippen molar-refractivity contribution in [3.8, 4) is 0 Å². The topological polar surface area (TPSA) is 0 Å². The molecule has 2 atom stereocenters. The summed E-state index contributed by atoms with van der Waals surface area (Å²) in [6, 6.07) is 0. The first-order chi connectivity index (χ1) is 3.18. The van der Waals surface area contributed by atoms with Gasteiger partial charge >= 0.3 is 0 Å². The van der Waals surface area contributed by atoms with Gasteiger partial charge in [-0.15, -0.1) is 11.8 Å². The highest BCUT2D eigenvalue weighted by Crippen LogP contribution is 2.26. The average molecular weight is 154 g/mol. The fraction of sp³-hybridized carbons (Fsp3) is 0.750. The molecule has 0 radical (unpaired) electrons. The molecule has 0 aromatic carbocycles. The standard InChI is InChI=1S/C4H10S3/c1-6-4(5)7(2)3/h4-5H,2H2,1,3H3. The molecule has 0 rings (SSSR count). The zero-order valence-electron chi connectivity index (χ0n) is 4.55. The van der Waals surface area contributed by atoms with Gasteiger partial charge in [0.25, 0.3) is 0 Å². The lowest BCUT2D eigenvalue weighted by molar-refractivity contribution is 2.05. The Morgan fingerprint density at radius 3 is 2.29 bits per heavy atom. The molecule has 0 aromatic heterocycles. The van der Waals surface area contributed by atoms with E-state index in [9.17, 15) is 0 Å². The van der Waals surface area contributed by atoms with Crippen molar-refractivity contribution in [2.24, 2.45) is 0 Å². The molecule has 3 heteroatoms. The Balaban J connectivity index is 3.34. The molecule has 0 spiro atoms. The predicted octanol–water partition coefficient (Wildman–Crippen LogP) is 1.89. The highest BCUT2D eigenvalue weighted by Gasteiger charge is 1.94. The third kappa shape index (κ3) is 3.50. The van der Waals surface area contributed by atoms with Crippen LogP contribution in [0, 0.1) is 0 Å². The Hall–Kier alpha value is 0.920. The van der Waals surface area contributed by atoms with Crippen molar-refractivity contribution >= 4 is 40.7 Å². The summed E-state index contributed by atoms with van der Waals surface area (Å²) in [5, 5.41) is 0. The lowest BCUT2D eigenvalue weighted by Gasteiger charge is -2.04. The number of hydrogen-bond acceptors (Lipinski definition) is 2. The lowest BCUT2D eigenvalue weighted by atomic mass is 11.8. The summed E-state index contributed by atoms with van der Waals surface area (Å²) in [6.45, 7) is 0. The molecule has 0 heterocycles. The predicted molar refractivity (Wildman–Crippen MR) is 46.9 cm³/mol. The van der Waals surface area contributed by atoms with Crippen LogP contribution >= 0.6 is 34.9 Å². The fourth-order valence-corrected chi connectivity index (χ4v) is 1.48. The molecule has 0 N–H and O–H groups in total. The molecule has 0 amide bonds. The highest BCUT2D eigenvalue weighted by atomic mass is 32.3. The third-order valence-electron chi connectivity index (χ3n) is 0.546. The maximum atomic E-state index is 4.24. The van der Waals surface area contributed by atoms with Crippen molar-refractivity contribution < 1.29 is 0 Å². The van der Waals surface area contributed by atoms with Gasteiger partial charge < -0.3 is 0 Å². The molecule has 0 saturated heterocycles. The van der Waals surface area contributed by atoms with Gasteiger partial charge in [-0.05, 0) is 12.5 Å². The Morgan fingerprint density at radius 2 is 2.29 bits per heavy atom. The van der Waals surface area contributed by atoms with Crippen LogP contribution in [0.4, 0.5) is 0 Å². The minimum absolute atomic E-state index is 0.217. The van der Waals surface area contributed by atoms with Crippen LogP contribution in [-0.2, 0) is 0 Å². The van der Waals surface area contributed by atoms with Gasteiger partial charge in [-0.1, -0.05) is 5.87 Å². The SMILES string of the molecule is C=S(C)C(S)SC. The largest absolute Gasteiger partial charge is 0.173 e. The number of rotatable bonds is 2. The second-order valence-corrected chi connectivity index (χ2v) is 5.54. The van der Waals surface area contributed by atoms with Crippen LogP contribution in [0.25, 0.3) is 0 Å². The molecule has 44 valence electrons. The van der Waals surface area contributed by atoms with Gasteiger partial charge in [0.15, 0.2) is 0 Å².